The number of hydrogen-bond acceptors (Lipinski definition) is 6. The number of carbonyl (C=O) groups excluding carboxylic acids is 1. The zero-order valence-electron chi connectivity index (χ0n) is 20.6. The van der Waals surface area contributed by atoms with Gasteiger partial charge in [-0.3, -0.25) is 9.36 Å². The van der Waals surface area contributed by atoms with Gasteiger partial charge < -0.3 is 4.42 Å². The van der Waals surface area contributed by atoms with Crippen molar-refractivity contribution in [1.82, 2.24) is 20.2 Å². The monoisotopic (exact) mass is 487 g/mol. The van der Waals surface area contributed by atoms with Crippen LogP contribution < -0.4 is 5.43 Å². The van der Waals surface area contributed by atoms with Gasteiger partial charge in [0.25, 0.3) is 5.91 Å². The molecule has 1 N–H and O–H groups in total. The highest BCUT2D eigenvalue weighted by molar-refractivity contribution is 7.99. The molecule has 0 aliphatic carbocycles. The van der Waals surface area contributed by atoms with Gasteiger partial charge >= 0.3 is 0 Å². The van der Waals surface area contributed by atoms with Crippen molar-refractivity contribution in [3.63, 3.8) is 0 Å². The highest BCUT2D eigenvalue weighted by Crippen LogP contribution is 2.30. The second-order valence-corrected chi connectivity index (χ2v) is 10.3. The van der Waals surface area contributed by atoms with E-state index < -0.39 is 0 Å². The molecule has 0 bridgehead atoms. The van der Waals surface area contributed by atoms with E-state index in [1.54, 1.807) is 6.07 Å². The lowest BCUT2D eigenvalue weighted by atomic mass is 9.87. The van der Waals surface area contributed by atoms with Crippen LogP contribution in [0.5, 0.6) is 0 Å². The van der Waals surface area contributed by atoms with E-state index in [0.717, 1.165) is 28.4 Å². The minimum atomic E-state index is -0.246. The maximum Gasteiger partial charge on any atom is 0.250 e. The van der Waals surface area contributed by atoms with Crippen LogP contribution in [0.2, 0.25) is 0 Å². The fourth-order valence-electron chi connectivity index (χ4n) is 3.45. The summed E-state index contributed by atoms with van der Waals surface area (Å²) in [5, 5.41) is 13.5. The zero-order valence-corrected chi connectivity index (χ0v) is 21.4. The Labute approximate surface area is 209 Å². The first-order valence-corrected chi connectivity index (χ1v) is 12.3. The number of hydrazone groups is 1. The quantitative estimate of drug-likeness (QED) is 0.206. The molecule has 7 nitrogen and oxygen atoms in total. The Hall–Kier alpha value is -3.65. The SMILES string of the molecule is Cc1ccc(-n2c(SCC(=O)N/N=C/c3ccc(C)o3)nnc2-c2ccc(C(C)(C)C)cc2)cc1. The van der Waals surface area contributed by atoms with Crippen molar-refractivity contribution < 1.29 is 9.21 Å². The number of benzene rings is 2. The third kappa shape index (κ3) is 6.08. The molecule has 4 rings (SSSR count). The van der Waals surface area contributed by atoms with E-state index in [0.29, 0.717) is 10.9 Å². The topological polar surface area (TPSA) is 85.3 Å². The third-order valence-electron chi connectivity index (χ3n) is 5.41. The fraction of sp³-hybridized carbons (Fsp3) is 0.259. The van der Waals surface area contributed by atoms with Gasteiger partial charge in [0.15, 0.2) is 11.0 Å². The number of amides is 1. The standard InChI is InChI=1S/C27H29N5O2S/c1-18-6-13-22(14-7-18)32-25(20-9-11-21(12-10-20)27(3,4)5)30-31-26(32)35-17-24(33)29-28-16-23-15-8-19(2)34-23/h6-16H,17H2,1-5H3,(H,29,33)/b28-16+. The van der Waals surface area contributed by atoms with E-state index in [9.17, 15) is 4.79 Å². The summed E-state index contributed by atoms with van der Waals surface area (Å²) in [6.07, 6.45) is 1.48. The molecule has 0 unspecified atom stereocenters. The fourth-order valence-corrected chi connectivity index (χ4v) is 4.19. The van der Waals surface area contributed by atoms with Crippen molar-refractivity contribution in [2.75, 3.05) is 5.75 Å². The minimum Gasteiger partial charge on any atom is -0.460 e. The van der Waals surface area contributed by atoms with Crippen LogP contribution >= 0.6 is 11.8 Å². The van der Waals surface area contributed by atoms with Crippen LogP contribution in [-0.2, 0) is 10.2 Å². The molecule has 0 aliphatic heterocycles. The molecule has 0 spiro atoms. The Balaban J connectivity index is 1.55. The van der Waals surface area contributed by atoms with Crippen LogP contribution in [0.3, 0.4) is 0 Å². The molecule has 0 fully saturated rings. The molecule has 2 aromatic heterocycles. The van der Waals surface area contributed by atoms with Gasteiger partial charge in [0.1, 0.15) is 11.5 Å². The predicted molar refractivity (Wildman–Crippen MR) is 140 cm³/mol. The van der Waals surface area contributed by atoms with Gasteiger partial charge in [0.2, 0.25) is 0 Å². The molecule has 1 amide bonds. The van der Waals surface area contributed by atoms with Gasteiger partial charge in [-0.2, -0.15) is 5.10 Å². The molecule has 2 heterocycles. The average molecular weight is 488 g/mol. The smallest absolute Gasteiger partial charge is 0.250 e. The predicted octanol–water partition coefficient (Wildman–Crippen LogP) is 5.68. The summed E-state index contributed by atoms with van der Waals surface area (Å²) in [5.74, 6) is 1.98. The van der Waals surface area contributed by atoms with Gasteiger partial charge in [-0.25, -0.2) is 5.43 Å². The number of rotatable bonds is 7. The molecule has 4 aromatic rings. The molecule has 35 heavy (non-hydrogen) atoms. The second kappa shape index (κ2) is 10.3. The van der Waals surface area contributed by atoms with Crippen LogP contribution in [0.15, 0.2) is 75.3 Å². The summed E-state index contributed by atoms with van der Waals surface area (Å²) >= 11 is 1.31. The maximum atomic E-state index is 12.4. The third-order valence-corrected chi connectivity index (χ3v) is 6.34. The highest BCUT2D eigenvalue weighted by Gasteiger charge is 2.19. The molecule has 0 saturated carbocycles. The number of aryl methyl sites for hydroxylation is 2. The molecule has 8 heteroatoms. The van der Waals surface area contributed by atoms with Crippen LogP contribution in [0.25, 0.3) is 17.1 Å². The van der Waals surface area contributed by atoms with E-state index in [1.165, 1.54) is 23.5 Å². The number of carbonyl (C=O) groups is 1. The van der Waals surface area contributed by atoms with E-state index in [4.69, 9.17) is 4.42 Å². The minimum absolute atomic E-state index is 0.0653. The Bertz CT molecular complexity index is 1330. The van der Waals surface area contributed by atoms with Gasteiger partial charge in [-0.1, -0.05) is 74.5 Å². The highest BCUT2D eigenvalue weighted by atomic mass is 32.2. The molecule has 0 radical (unpaired) electrons. The van der Waals surface area contributed by atoms with Gasteiger partial charge in [-0.05, 0) is 49.1 Å². The van der Waals surface area contributed by atoms with Crippen LogP contribution in [0.4, 0.5) is 0 Å². The summed E-state index contributed by atoms with van der Waals surface area (Å²) < 4.78 is 7.40. The van der Waals surface area contributed by atoms with Crippen LogP contribution in [0, 0.1) is 13.8 Å². The molecular weight excluding hydrogens is 458 g/mol. The molecule has 0 saturated heterocycles. The van der Waals surface area contributed by atoms with Crippen molar-refractivity contribution in [2.45, 2.75) is 45.2 Å². The second-order valence-electron chi connectivity index (χ2n) is 9.33. The average Bonchev–Trinajstić information content (AvgIpc) is 3.44. The Morgan fingerprint density at radius 2 is 1.74 bits per heavy atom. The van der Waals surface area contributed by atoms with Crippen LogP contribution in [-0.4, -0.2) is 32.6 Å². The lowest BCUT2D eigenvalue weighted by Crippen LogP contribution is -2.19. The van der Waals surface area contributed by atoms with Gasteiger partial charge in [0.05, 0.1) is 12.0 Å². The summed E-state index contributed by atoms with van der Waals surface area (Å²) in [7, 11) is 0. The summed E-state index contributed by atoms with van der Waals surface area (Å²) in [6.45, 7) is 10.5. The van der Waals surface area contributed by atoms with E-state index in [1.807, 2.05) is 48.7 Å². The Kier molecular flexibility index (Phi) is 7.21. The summed E-state index contributed by atoms with van der Waals surface area (Å²) in [6, 6.07) is 20.2. The Morgan fingerprint density at radius 3 is 2.37 bits per heavy atom. The van der Waals surface area contributed by atoms with Gasteiger partial charge in [-0.15, -0.1) is 10.2 Å². The number of aromatic nitrogens is 3. The van der Waals surface area contributed by atoms with Crippen molar-refractivity contribution >= 4 is 23.9 Å². The van der Waals surface area contributed by atoms with Gasteiger partial charge in [0, 0.05) is 11.3 Å². The summed E-state index contributed by atoms with van der Waals surface area (Å²) in [5.41, 5.74) is 6.90. The van der Waals surface area contributed by atoms with Crippen molar-refractivity contribution in [2.24, 2.45) is 5.10 Å². The largest absolute Gasteiger partial charge is 0.460 e. The number of furan rings is 1. The molecule has 0 atom stereocenters. The van der Waals surface area contributed by atoms with Crippen molar-refractivity contribution in [1.29, 1.82) is 0 Å². The van der Waals surface area contributed by atoms with E-state index in [2.05, 4.69) is 65.8 Å². The first kappa shape index (κ1) is 24.5. The normalized spacial score (nSPS) is 11.8. The zero-order chi connectivity index (χ0) is 25.0. The molecule has 180 valence electrons. The van der Waals surface area contributed by atoms with Crippen LogP contribution in [0.1, 0.15) is 43.4 Å². The molecule has 2 aromatic carbocycles. The molecule has 0 aliphatic rings. The first-order valence-electron chi connectivity index (χ1n) is 11.4. The lowest BCUT2D eigenvalue weighted by Gasteiger charge is -2.19. The summed E-state index contributed by atoms with van der Waals surface area (Å²) in [4.78, 5) is 12.4. The lowest BCUT2D eigenvalue weighted by molar-refractivity contribution is -0.118. The first-order chi connectivity index (χ1) is 16.7. The van der Waals surface area contributed by atoms with Crippen molar-refractivity contribution in [3.05, 3.63) is 83.3 Å². The van der Waals surface area contributed by atoms with E-state index in [-0.39, 0.29) is 17.1 Å². The molecular formula is C27H29N5O2S. The number of thioether (sulfide) groups is 1. The Morgan fingerprint density at radius 1 is 1.03 bits per heavy atom. The number of hydrogen-bond donors (Lipinski definition) is 1. The number of nitrogens with one attached hydrogen (secondary N) is 1. The number of nitrogens with zero attached hydrogens (tertiary/aromatic N) is 4. The van der Waals surface area contributed by atoms with E-state index >= 15 is 0 Å². The maximum absolute atomic E-state index is 12.4. The van der Waals surface area contributed by atoms with Crippen molar-refractivity contribution in [3.8, 4) is 17.1 Å².